The van der Waals surface area contributed by atoms with Crippen LogP contribution in [0.15, 0.2) is 36.5 Å². The lowest BCUT2D eigenvalue weighted by Crippen LogP contribution is -2.33. The molecule has 6 heteroatoms. The summed E-state index contributed by atoms with van der Waals surface area (Å²) in [7, 11) is 1.81. The van der Waals surface area contributed by atoms with Gasteiger partial charge in [-0.05, 0) is 50.1 Å². The van der Waals surface area contributed by atoms with Gasteiger partial charge in [0.1, 0.15) is 5.69 Å². The van der Waals surface area contributed by atoms with E-state index < -0.39 is 0 Å². The summed E-state index contributed by atoms with van der Waals surface area (Å²) in [5, 5.41) is 8.58. The Balaban J connectivity index is 1.71. The van der Waals surface area contributed by atoms with Gasteiger partial charge < -0.3 is 10.2 Å². The van der Waals surface area contributed by atoms with E-state index >= 15 is 0 Å². The zero-order chi connectivity index (χ0) is 17.1. The molecule has 2 atom stereocenters. The van der Waals surface area contributed by atoms with Crippen LogP contribution < -0.4 is 5.32 Å². The van der Waals surface area contributed by atoms with Crippen molar-refractivity contribution in [1.82, 2.24) is 20.0 Å². The minimum absolute atomic E-state index is 0.0451. The molecule has 3 rings (SSSR count). The number of benzene rings is 1. The molecule has 0 aliphatic carbocycles. The van der Waals surface area contributed by atoms with Gasteiger partial charge in [0, 0.05) is 24.8 Å². The molecule has 128 valence electrons. The Kier molecular flexibility index (Phi) is 5.21. The van der Waals surface area contributed by atoms with Gasteiger partial charge in [-0.2, -0.15) is 5.10 Å². The Labute approximate surface area is 147 Å². The molecule has 0 bridgehead atoms. The molecular weight excluding hydrogens is 324 g/mol. The van der Waals surface area contributed by atoms with E-state index in [1.165, 1.54) is 0 Å². The predicted molar refractivity (Wildman–Crippen MR) is 95.3 cm³/mol. The highest BCUT2D eigenvalue weighted by molar-refractivity contribution is 6.30. The van der Waals surface area contributed by atoms with Gasteiger partial charge in [-0.3, -0.25) is 9.48 Å². The standard InChI is InChI=1S/C18H23ClN4O/c1-13(14-5-7-15(19)8-6-14)22(2)18(24)17-9-11-23(21-17)16-4-3-10-20-12-16/h5-9,11,13,16,20H,3-4,10,12H2,1-2H3. The van der Waals surface area contributed by atoms with Gasteiger partial charge in [0.15, 0.2) is 0 Å². The highest BCUT2D eigenvalue weighted by Crippen LogP contribution is 2.23. The van der Waals surface area contributed by atoms with E-state index in [0.29, 0.717) is 16.8 Å². The molecular formula is C18H23ClN4O. The Morgan fingerprint density at radius 2 is 2.12 bits per heavy atom. The van der Waals surface area contributed by atoms with Crippen LogP contribution in [0.3, 0.4) is 0 Å². The van der Waals surface area contributed by atoms with E-state index in [0.717, 1.165) is 31.5 Å². The summed E-state index contributed by atoms with van der Waals surface area (Å²) in [5.41, 5.74) is 1.54. The first-order valence-corrected chi connectivity index (χ1v) is 8.72. The lowest BCUT2D eigenvalue weighted by Gasteiger charge is -2.25. The summed E-state index contributed by atoms with van der Waals surface area (Å²) < 4.78 is 1.92. The van der Waals surface area contributed by atoms with E-state index in [1.54, 1.807) is 4.90 Å². The fraction of sp³-hybridized carbons (Fsp3) is 0.444. The molecule has 1 N–H and O–H groups in total. The predicted octanol–water partition coefficient (Wildman–Crippen LogP) is 3.29. The number of piperidine rings is 1. The Hall–Kier alpha value is -1.85. The van der Waals surface area contributed by atoms with Crippen LogP contribution in [0.1, 0.15) is 47.9 Å². The van der Waals surface area contributed by atoms with Crippen LogP contribution in [0.4, 0.5) is 0 Å². The molecule has 0 radical (unpaired) electrons. The minimum Gasteiger partial charge on any atom is -0.334 e. The summed E-state index contributed by atoms with van der Waals surface area (Å²) in [5.74, 6) is -0.0695. The van der Waals surface area contributed by atoms with Crippen molar-refractivity contribution in [2.45, 2.75) is 31.8 Å². The maximum Gasteiger partial charge on any atom is 0.274 e. The van der Waals surface area contributed by atoms with Crippen molar-refractivity contribution < 1.29 is 4.79 Å². The molecule has 0 saturated carbocycles. The smallest absolute Gasteiger partial charge is 0.274 e. The van der Waals surface area contributed by atoms with E-state index in [2.05, 4.69) is 10.4 Å². The van der Waals surface area contributed by atoms with Crippen molar-refractivity contribution in [3.63, 3.8) is 0 Å². The summed E-state index contributed by atoms with van der Waals surface area (Å²) >= 11 is 5.93. The van der Waals surface area contributed by atoms with Crippen molar-refractivity contribution in [3.8, 4) is 0 Å². The third-order valence-corrected chi connectivity index (χ3v) is 4.98. The summed E-state index contributed by atoms with van der Waals surface area (Å²) in [6.45, 7) is 3.97. The summed E-state index contributed by atoms with van der Waals surface area (Å²) in [4.78, 5) is 14.4. The van der Waals surface area contributed by atoms with Crippen LogP contribution in [0.2, 0.25) is 5.02 Å². The molecule has 2 heterocycles. The maximum absolute atomic E-state index is 12.7. The Bertz CT molecular complexity index is 691. The van der Waals surface area contributed by atoms with Crippen LogP contribution in [0.5, 0.6) is 0 Å². The minimum atomic E-state index is -0.0695. The van der Waals surface area contributed by atoms with Gasteiger partial charge in [-0.15, -0.1) is 0 Å². The zero-order valence-corrected chi connectivity index (χ0v) is 14.8. The van der Waals surface area contributed by atoms with Crippen molar-refractivity contribution in [2.24, 2.45) is 0 Å². The first-order valence-electron chi connectivity index (χ1n) is 8.35. The van der Waals surface area contributed by atoms with Crippen molar-refractivity contribution >= 4 is 17.5 Å². The number of aromatic nitrogens is 2. The third-order valence-electron chi connectivity index (χ3n) is 4.73. The summed E-state index contributed by atoms with van der Waals surface area (Å²) in [6, 6.07) is 9.68. The molecule has 24 heavy (non-hydrogen) atoms. The molecule has 5 nitrogen and oxygen atoms in total. The number of amides is 1. The molecule has 2 aromatic rings. The number of halogens is 1. The van der Waals surface area contributed by atoms with Crippen LogP contribution >= 0.6 is 11.6 Å². The van der Waals surface area contributed by atoms with Gasteiger partial charge in [-0.1, -0.05) is 23.7 Å². The second-order valence-corrected chi connectivity index (χ2v) is 6.76. The van der Waals surface area contributed by atoms with Crippen molar-refractivity contribution in [2.75, 3.05) is 20.1 Å². The second kappa shape index (κ2) is 7.36. The second-order valence-electron chi connectivity index (χ2n) is 6.32. The summed E-state index contributed by atoms with van der Waals surface area (Å²) in [6.07, 6.45) is 4.15. The molecule has 1 aliphatic rings. The topological polar surface area (TPSA) is 50.2 Å². The fourth-order valence-electron chi connectivity index (χ4n) is 3.04. The van der Waals surface area contributed by atoms with Gasteiger partial charge in [0.2, 0.25) is 0 Å². The van der Waals surface area contributed by atoms with Gasteiger partial charge >= 0.3 is 0 Å². The quantitative estimate of drug-likeness (QED) is 0.924. The molecule has 1 saturated heterocycles. The van der Waals surface area contributed by atoms with Crippen LogP contribution in [0.25, 0.3) is 0 Å². The average molecular weight is 347 g/mol. The molecule has 0 spiro atoms. The van der Waals surface area contributed by atoms with E-state index in [9.17, 15) is 4.79 Å². The number of nitrogens with one attached hydrogen (secondary N) is 1. The van der Waals surface area contributed by atoms with Crippen molar-refractivity contribution in [3.05, 3.63) is 52.8 Å². The molecule has 1 aliphatic heterocycles. The lowest BCUT2D eigenvalue weighted by atomic mass is 10.1. The number of carbonyl (C=O) groups is 1. The number of rotatable bonds is 4. The van der Waals surface area contributed by atoms with Crippen LogP contribution in [-0.4, -0.2) is 40.7 Å². The third kappa shape index (κ3) is 3.62. The van der Waals surface area contributed by atoms with Crippen LogP contribution in [0, 0.1) is 0 Å². The first kappa shape index (κ1) is 17.0. The number of nitrogens with zero attached hydrogens (tertiary/aromatic N) is 3. The van der Waals surface area contributed by atoms with Crippen molar-refractivity contribution in [1.29, 1.82) is 0 Å². The number of hydrogen-bond acceptors (Lipinski definition) is 3. The molecule has 2 unspecified atom stereocenters. The monoisotopic (exact) mass is 346 g/mol. The normalized spacial score (nSPS) is 19.0. The lowest BCUT2D eigenvalue weighted by molar-refractivity contribution is 0.0735. The molecule has 1 fully saturated rings. The Morgan fingerprint density at radius 3 is 2.79 bits per heavy atom. The first-order chi connectivity index (χ1) is 11.6. The molecule has 1 aromatic carbocycles. The maximum atomic E-state index is 12.7. The van der Waals surface area contributed by atoms with Gasteiger partial charge in [0.05, 0.1) is 12.1 Å². The zero-order valence-electron chi connectivity index (χ0n) is 14.1. The van der Waals surface area contributed by atoms with E-state index in [1.807, 2.05) is 55.2 Å². The fourth-order valence-corrected chi connectivity index (χ4v) is 3.16. The highest BCUT2D eigenvalue weighted by Gasteiger charge is 2.22. The molecule has 1 aromatic heterocycles. The molecule has 1 amide bonds. The van der Waals surface area contributed by atoms with Gasteiger partial charge in [0.25, 0.3) is 5.91 Å². The Morgan fingerprint density at radius 1 is 1.38 bits per heavy atom. The highest BCUT2D eigenvalue weighted by atomic mass is 35.5. The average Bonchev–Trinajstić information content (AvgIpc) is 3.11. The van der Waals surface area contributed by atoms with E-state index in [-0.39, 0.29) is 11.9 Å². The number of hydrogen-bond donors (Lipinski definition) is 1. The van der Waals surface area contributed by atoms with Gasteiger partial charge in [-0.25, -0.2) is 0 Å². The number of carbonyl (C=O) groups excluding carboxylic acids is 1. The largest absolute Gasteiger partial charge is 0.334 e. The van der Waals surface area contributed by atoms with Crippen LogP contribution in [-0.2, 0) is 0 Å². The SMILES string of the molecule is CC(c1ccc(Cl)cc1)N(C)C(=O)c1ccn(C2CCCNC2)n1. The van der Waals surface area contributed by atoms with E-state index in [4.69, 9.17) is 11.6 Å².